The van der Waals surface area contributed by atoms with E-state index in [1.54, 1.807) is 23.1 Å². The summed E-state index contributed by atoms with van der Waals surface area (Å²) in [5.41, 5.74) is 5.99. The Balaban J connectivity index is 1.38. The lowest BCUT2D eigenvalue weighted by atomic mass is 10.1. The van der Waals surface area contributed by atoms with Gasteiger partial charge in [0.2, 0.25) is 0 Å². The summed E-state index contributed by atoms with van der Waals surface area (Å²) in [6, 6.07) is 15.5. The second kappa shape index (κ2) is 9.30. The highest BCUT2D eigenvalue weighted by Gasteiger charge is 2.24. The first-order valence-electron chi connectivity index (χ1n) is 9.42. The number of aromatic hydroxyl groups is 1. The minimum Gasteiger partial charge on any atom is -0.508 e. The van der Waals surface area contributed by atoms with Crippen LogP contribution in [0.5, 0.6) is 5.75 Å². The Morgan fingerprint density at radius 2 is 1.81 bits per heavy atom. The van der Waals surface area contributed by atoms with Gasteiger partial charge in [0.05, 0.1) is 6.21 Å². The smallest absolute Gasteiger partial charge is 0.295 e. The van der Waals surface area contributed by atoms with Gasteiger partial charge in [-0.2, -0.15) is 5.10 Å². The zero-order valence-electron chi connectivity index (χ0n) is 15.7. The van der Waals surface area contributed by atoms with Gasteiger partial charge in [-0.1, -0.05) is 42.0 Å². The van der Waals surface area contributed by atoms with Crippen LogP contribution in [-0.2, 0) is 11.3 Å². The van der Waals surface area contributed by atoms with Crippen molar-refractivity contribution in [3.05, 3.63) is 65.2 Å². The highest BCUT2D eigenvalue weighted by atomic mass is 16.3. The number of phenolic OH excluding ortho intramolecular Hbond substituents is 1. The summed E-state index contributed by atoms with van der Waals surface area (Å²) in [6.45, 7) is 7.72. The largest absolute Gasteiger partial charge is 0.508 e. The van der Waals surface area contributed by atoms with Gasteiger partial charge in [0.25, 0.3) is 5.91 Å². The quantitative estimate of drug-likeness (QED) is 0.396. The van der Waals surface area contributed by atoms with E-state index in [9.17, 15) is 9.90 Å². The molecule has 1 heterocycles. The predicted molar refractivity (Wildman–Crippen MR) is 105 cm³/mol. The number of rotatable bonds is 6. The summed E-state index contributed by atoms with van der Waals surface area (Å²) in [5.74, 6) is 0.101. The zero-order valence-corrected chi connectivity index (χ0v) is 15.7. The number of aryl methyl sites for hydroxylation is 1. The van der Waals surface area contributed by atoms with E-state index < -0.39 is 0 Å². The second-order valence-corrected chi connectivity index (χ2v) is 7.23. The predicted octanol–water partition coefficient (Wildman–Crippen LogP) is -0.866. The van der Waals surface area contributed by atoms with Crippen LogP contribution < -0.4 is 15.2 Å². The summed E-state index contributed by atoms with van der Waals surface area (Å²) in [5, 5.41) is 13.4. The highest BCUT2D eigenvalue weighted by Crippen LogP contribution is 2.08. The molecule has 2 aromatic rings. The molecular formula is C21H28N4O2+2. The number of hydrogen-bond acceptors (Lipinski definition) is 3. The molecule has 1 aliphatic rings. The number of benzene rings is 2. The van der Waals surface area contributed by atoms with Gasteiger partial charge >= 0.3 is 0 Å². The van der Waals surface area contributed by atoms with Crippen molar-refractivity contribution in [2.45, 2.75) is 13.5 Å². The van der Waals surface area contributed by atoms with Crippen LogP contribution in [-0.4, -0.2) is 50.0 Å². The molecule has 0 aliphatic carbocycles. The molecule has 0 radical (unpaired) electrons. The lowest BCUT2D eigenvalue weighted by molar-refractivity contribution is -1.02. The van der Waals surface area contributed by atoms with Crippen molar-refractivity contribution in [1.29, 1.82) is 0 Å². The third-order valence-corrected chi connectivity index (χ3v) is 4.92. The number of carbonyl (C=O) groups excluding carboxylic acids is 1. The van der Waals surface area contributed by atoms with E-state index in [4.69, 9.17) is 0 Å². The van der Waals surface area contributed by atoms with Crippen LogP contribution >= 0.6 is 0 Å². The van der Waals surface area contributed by atoms with E-state index in [1.807, 2.05) is 6.07 Å². The molecule has 27 heavy (non-hydrogen) atoms. The van der Waals surface area contributed by atoms with Crippen LogP contribution in [0.25, 0.3) is 0 Å². The first-order valence-corrected chi connectivity index (χ1v) is 9.42. The van der Waals surface area contributed by atoms with Gasteiger partial charge < -0.3 is 14.9 Å². The molecule has 0 unspecified atom stereocenters. The standard InChI is InChI=1S/C21H26N4O2/c1-17-5-7-18(8-6-17)15-24-9-11-25(12-10-24)16-21(27)23-22-14-19-3-2-4-20(26)13-19/h2-8,13-14,26H,9-12,15-16H2,1H3,(H,23,27)/p+2. The molecule has 1 fully saturated rings. The van der Waals surface area contributed by atoms with Gasteiger partial charge in [0.1, 0.15) is 38.5 Å². The molecule has 2 aromatic carbocycles. The highest BCUT2D eigenvalue weighted by molar-refractivity contribution is 5.83. The lowest BCUT2D eigenvalue weighted by Gasteiger charge is -2.29. The molecule has 0 bridgehead atoms. The molecule has 3 rings (SSSR count). The van der Waals surface area contributed by atoms with Crippen molar-refractivity contribution in [1.82, 2.24) is 5.43 Å². The van der Waals surface area contributed by atoms with Crippen LogP contribution in [0.15, 0.2) is 53.6 Å². The van der Waals surface area contributed by atoms with Gasteiger partial charge in [-0.3, -0.25) is 4.79 Å². The van der Waals surface area contributed by atoms with E-state index in [-0.39, 0.29) is 11.7 Å². The third kappa shape index (κ3) is 6.20. The van der Waals surface area contributed by atoms with Crippen LogP contribution in [0.3, 0.4) is 0 Å². The maximum atomic E-state index is 12.1. The number of nitrogens with zero attached hydrogens (tertiary/aromatic N) is 1. The number of nitrogens with one attached hydrogen (secondary N) is 3. The molecule has 1 aliphatic heterocycles. The van der Waals surface area contributed by atoms with Crippen LogP contribution in [0.4, 0.5) is 0 Å². The molecule has 1 saturated heterocycles. The second-order valence-electron chi connectivity index (χ2n) is 7.23. The normalized spacial score (nSPS) is 19.9. The fraction of sp³-hybridized carbons (Fsp3) is 0.333. The fourth-order valence-electron chi connectivity index (χ4n) is 3.36. The maximum absolute atomic E-state index is 12.1. The average molecular weight is 368 g/mol. The third-order valence-electron chi connectivity index (χ3n) is 4.92. The maximum Gasteiger partial charge on any atom is 0.295 e. The number of hydrazone groups is 1. The molecule has 4 N–H and O–H groups in total. The van der Waals surface area contributed by atoms with Crippen LogP contribution in [0.1, 0.15) is 16.7 Å². The topological polar surface area (TPSA) is 70.6 Å². The number of piperazine rings is 1. The SMILES string of the molecule is Cc1ccc(C[NH+]2CC[NH+](CC(=O)NN=Cc3cccc(O)c3)CC2)cc1. The average Bonchev–Trinajstić information content (AvgIpc) is 2.65. The van der Waals surface area contributed by atoms with Crippen molar-refractivity contribution >= 4 is 12.1 Å². The summed E-state index contributed by atoms with van der Waals surface area (Å²) in [4.78, 5) is 14.9. The van der Waals surface area contributed by atoms with Gasteiger partial charge in [0, 0.05) is 5.56 Å². The monoisotopic (exact) mass is 368 g/mol. The minimum atomic E-state index is -0.0802. The van der Waals surface area contributed by atoms with E-state index >= 15 is 0 Å². The number of amides is 1. The van der Waals surface area contributed by atoms with Crippen LogP contribution in [0, 0.1) is 6.92 Å². The van der Waals surface area contributed by atoms with Crippen molar-refractivity contribution in [2.24, 2.45) is 5.10 Å². The number of hydrogen-bond donors (Lipinski definition) is 4. The number of carbonyl (C=O) groups is 1. The van der Waals surface area contributed by atoms with E-state index in [1.165, 1.54) is 22.2 Å². The summed E-state index contributed by atoms with van der Waals surface area (Å²) >= 11 is 0. The molecule has 1 amide bonds. The fourth-order valence-corrected chi connectivity index (χ4v) is 3.36. The van der Waals surface area contributed by atoms with E-state index in [2.05, 4.69) is 41.7 Å². The Morgan fingerprint density at radius 3 is 2.52 bits per heavy atom. The molecule has 6 heteroatoms. The minimum absolute atomic E-state index is 0.0802. The Hall–Kier alpha value is -2.70. The van der Waals surface area contributed by atoms with Gasteiger partial charge in [-0.25, -0.2) is 5.43 Å². The van der Waals surface area contributed by atoms with Crippen molar-refractivity contribution in [2.75, 3.05) is 32.7 Å². The van der Waals surface area contributed by atoms with Crippen molar-refractivity contribution in [3.8, 4) is 5.75 Å². The van der Waals surface area contributed by atoms with Crippen molar-refractivity contribution in [3.63, 3.8) is 0 Å². The molecule has 0 saturated carbocycles. The Kier molecular flexibility index (Phi) is 6.57. The van der Waals surface area contributed by atoms with Crippen molar-refractivity contribution < 1.29 is 19.7 Å². The number of phenols is 1. The molecule has 6 nitrogen and oxygen atoms in total. The zero-order chi connectivity index (χ0) is 19.1. The van der Waals surface area contributed by atoms with Gasteiger partial charge in [-0.05, 0) is 24.6 Å². The molecule has 0 aromatic heterocycles. The Morgan fingerprint density at radius 1 is 1.11 bits per heavy atom. The lowest BCUT2D eigenvalue weighted by Crippen LogP contribution is -3.28. The Bertz CT molecular complexity index is 781. The van der Waals surface area contributed by atoms with E-state index in [0.29, 0.717) is 6.54 Å². The number of quaternary nitrogens is 2. The van der Waals surface area contributed by atoms with E-state index in [0.717, 1.165) is 38.3 Å². The summed E-state index contributed by atoms with van der Waals surface area (Å²) < 4.78 is 0. The Labute approximate surface area is 160 Å². The first kappa shape index (κ1) is 19.1. The molecular weight excluding hydrogens is 340 g/mol. The first-order chi connectivity index (χ1) is 13.1. The molecule has 0 atom stereocenters. The summed E-state index contributed by atoms with van der Waals surface area (Å²) in [7, 11) is 0. The summed E-state index contributed by atoms with van der Waals surface area (Å²) in [6.07, 6.45) is 1.54. The molecule has 142 valence electrons. The van der Waals surface area contributed by atoms with Gasteiger partial charge in [-0.15, -0.1) is 0 Å². The van der Waals surface area contributed by atoms with Gasteiger partial charge in [0.15, 0.2) is 6.54 Å². The van der Waals surface area contributed by atoms with Crippen LogP contribution in [0.2, 0.25) is 0 Å². The molecule has 0 spiro atoms.